The van der Waals surface area contributed by atoms with Crippen molar-refractivity contribution in [1.82, 2.24) is 9.80 Å². The number of carbonyl (C=O) groups is 4. The largest absolute Gasteiger partial charge is 0.349 e. The number of ketones is 1. The van der Waals surface area contributed by atoms with Gasteiger partial charge in [-0.15, -0.1) is 0 Å². The van der Waals surface area contributed by atoms with Crippen LogP contribution in [0.15, 0.2) is 60.7 Å². The van der Waals surface area contributed by atoms with E-state index >= 15 is 0 Å². The number of Topliss-reactive ketones (excluding diaryl/α,β-unsaturated/α-hetero) is 1. The molecule has 5 rings (SSSR count). The first-order valence-electron chi connectivity index (χ1n) is 13.6. The second-order valence-corrected chi connectivity index (χ2v) is 13.0. The Balaban J connectivity index is 1.53. The van der Waals surface area contributed by atoms with E-state index in [0.717, 1.165) is 22.3 Å². The van der Waals surface area contributed by atoms with Crippen molar-refractivity contribution in [3.63, 3.8) is 0 Å². The minimum Gasteiger partial charge on any atom is -0.349 e. The number of allylic oxidation sites excluding steroid dienone is 2. The van der Waals surface area contributed by atoms with Crippen molar-refractivity contribution in [2.45, 2.75) is 44.4 Å². The fourth-order valence-electron chi connectivity index (χ4n) is 7.36. The van der Waals surface area contributed by atoms with Gasteiger partial charge in [-0.05, 0) is 49.0 Å². The van der Waals surface area contributed by atoms with Crippen LogP contribution in [-0.4, -0.2) is 58.3 Å². The number of imide groups is 1. The van der Waals surface area contributed by atoms with Crippen LogP contribution in [0.3, 0.4) is 0 Å². The number of amides is 3. The summed E-state index contributed by atoms with van der Waals surface area (Å²) in [6, 6.07) is 19.5. The van der Waals surface area contributed by atoms with Crippen LogP contribution in [0.2, 0.25) is 0 Å². The normalized spacial score (nSPS) is 30.3. The molecule has 3 amide bonds. The Bertz CT molecular complexity index is 1390. The molecule has 6 nitrogen and oxygen atoms in total. The molecule has 2 fully saturated rings. The van der Waals surface area contributed by atoms with E-state index in [9.17, 15) is 19.2 Å². The minimum atomic E-state index is -1.36. The number of benzene rings is 2. The van der Waals surface area contributed by atoms with Crippen LogP contribution in [0.5, 0.6) is 0 Å². The lowest BCUT2D eigenvalue weighted by atomic mass is 9.63. The Morgan fingerprint density at radius 2 is 1.46 bits per heavy atom. The summed E-state index contributed by atoms with van der Waals surface area (Å²) in [5, 5.41) is 0. The number of alkyl halides is 1. The molecule has 1 heterocycles. The molecule has 2 aliphatic carbocycles. The van der Waals surface area contributed by atoms with Gasteiger partial charge in [-0.1, -0.05) is 89.9 Å². The number of unbranched alkanes of at least 4 members (excludes halogenated alkanes) is 1. The fourth-order valence-corrected chi connectivity index (χ4v) is 8.60. The molecule has 3 aliphatic rings. The molecule has 2 bridgehead atoms. The molecule has 2 aromatic carbocycles. The molecule has 0 spiro atoms. The lowest BCUT2D eigenvalue weighted by Crippen LogP contribution is -2.50. The molecular weight excluding hydrogens is 556 g/mol. The first kappa shape index (κ1) is 27.5. The maximum atomic E-state index is 14.4. The highest BCUT2D eigenvalue weighted by molar-refractivity contribution is 9.10. The van der Waals surface area contributed by atoms with Crippen LogP contribution in [0.1, 0.15) is 51.2 Å². The molecule has 4 unspecified atom stereocenters. The van der Waals surface area contributed by atoms with E-state index in [4.69, 9.17) is 0 Å². The van der Waals surface area contributed by atoms with E-state index in [1.807, 2.05) is 81.4 Å². The predicted octanol–water partition coefficient (Wildman–Crippen LogP) is 5.22. The molecule has 204 valence electrons. The molecule has 0 radical (unpaired) electrons. The second kappa shape index (κ2) is 9.54. The number of nitrogens with zero attached hydrogens (tertiary/aromatic N) is 2. The smallest absolute Gasteiger partial charge is 0.248 e. The van der Waals surface area contributed by atoms with E-state index in [-0.39, 0.29) is 36.0 Å². The summed E-state index contributed by atoms with van der Waals surface area (Å²) in [4.78, 5) is 57.8. The second-order valence-electron chi connectivity index (χ2n) is 11.7. The highest BCUT2D eigenvalue weighted by Gasteiger charge is 2.85. The first-order chi connectivity index (χ1) is 18.4. The SMILES string of the molecule is C[C@@H](CCCCN1C(=O)C2C3(C)C(=O)C(C)(C(c4ccccc4)=C3c3ccccc3)C2(Br)C1=O)C(=O)N(C)C. The van der Waals surface area contributed by atoms with Gasteiger partial charge in [0.05, 0.1) is 16.7 Å². The maximum absolute atomic E-state index is 14.4. The van der Waals surface area contributed by atoms with Crippen molar-refractivity contribution >= 4 is 50.6 Å². The summed E-state index contributed by atoms with van der Waals surface area (Å²) < 4.78 is -1.36. The molecule has 7 heteroatoms. The molecule has 1 saturated heterocycles. The highest BCUT2D eigenvalue weighted by Crippen LogP contribution is 2.77. The number of hydrogen-bond donors (Lipinski definition) is 0. The summed E-state index contributed by atoms with van der Waals surface area (Å²) in [5.41, 5.74) is 1.02. The molecular formula is C32H35BrN2O4. The molecule has 39 heavy (non-hydrogen) atoms. The predicted molar refractivity (Wildman–Crippen MR) is 154 cm³/mol. The van der Waals surface area contributed by atoms with Crippen LogP contribution < -0.4 is 0 Å². The fraction of sp³-hybridized carbons (Fsp3) is 0.438. The average molecular weight is 592 g/mol. The topological polar surface area (TPSA) is 74.8 Å². The van der Waals surface area contributed by atoms with Gasteiger partial charge in [0, 0.05) is 26.6 Å². The third kappa shape index (κ3) is 3.58. The van der Waals surface area contributed by atoms with Gasteiger partial charge in [-0.25, -0.2) is 0 Å². The summed E-state index contributed by atoms with van der Waals surface area (Å²) in [6.07, 6.45) is 2.00. The van der Waals surface area contributed by atoms with E-state index in [2.05, 4.69) is 15.9 Å². The van der Waals surface area contributed by atoms with Crippen molar-refractivity contribution in [3.8, 4) is 0 Å². The molecule has 1 saturated carbocycles. The zero-order valence-corrected chi connectivity index (χ0v) is 24.7. The van der Waals surface area contributed by atoms with Crippen molar-refractivity contribution < 1.29 is 19.2 Å². The summed E-state index contributed by atoms with van der Waals surface area (Å²) in [7, 11) is 3.49. The van der Waals surface area contributed by atoms with Gasteiger partial charge in [0.15, 0.2) is 5.78 Å². The summed E-state index contributed by atoms with van der Waals surface area (Å²) in [5.74, 6) is -1.62. The van der Waals surface area contributed by atoms with Crippen LogP contribution >= 0.6 is 15.9 Å². The quantitative estimate of drug-likeness (QED) is 0.240. The van der Waals surface area contributed by atoms with Gasteiger partial charge in [0.1, 0.15) is 4.32 Å². The number of fused-ring (bicyclic) bond motifs is 5. The van der Waals surface area contributed by atoms with Gasteiger partial charge in [0.25, 0.3) is 0 Å². The lowest BCUT2D eigenvalue weighted by molar-refractivity contribution is -0.144. The third-order valence-corrected chi connectivity index (χ3v) is 10.8. The summed E-state index contributed by atoms with van der Waals surface area (Å²) >= 11 is 3.80. The van der Waals surface area contributed by atoms with E-state index in [0.29, 0.717) is 19.3 Å². The standard InChI is InChI=1S/C32H35BrN2O4/c1-20(26(36)34(4)5)14-12-13-19-35-27(37)25-30(2)23(21-15-8-6-9-16-21)24(22-17-10-7-11-18-22)31(3,28(30)38)32(25,33)29(35)39/h6-11,15-18,20,25H,12-14,19H2,1-5H3/t20-,25?,30?,31?,32?/m0/s1. The van der Waals surface area contributed by atoms with E-state index < -0.39 is 21.1 Å². The van der Waals surface area contributed by atoms with Crippen molar-refractivity contribution in [1.29, 1.82) is 0 Å². The Labute approximate surface area is 238 Å². The molecule has 0 N–H and O–H groups in total. The van der Waals surface area contributed by atoms with Crippen LogP contribution in [0.4, 0.5) is 0 Å². The van der Waals surface area contributed by atoms with E-state index in [1.54, 1.807) is 19.0 Å². The van der Waals surface area contributed by atoms with Gasteiger partial charge >= 0.3 is 0 Å². The van der Waals surface area contributed by atoms with Crippen molar-refractivity contribution in [3.05, 3.63) is 71.8 Å². The van der Waals surface area contributed by atoms with E-state index in [1.165, 1.54) is 4.90 Å². The van der Waals surface area contributed by atoms with Crippen molar-refractivity contribution in [2.24, 2.45) is 22.7 Å². The Morgan fingerprint density at radius 1 is 0.923 bits per heavy atom. The Hall–Kier alpha value is -3.06. The van der Waals surface area contributed by atoms with Gasteiger partial charge in [0.2, 0.25) is 17.7 Å². The lowest BCUT2D eigenvalue weighted by Gasteiger charge is -2.41. The number of likely N-dealkylation sites (tertiary alicyclic amines) is 1. The molecule has 0 aromatic heterocycles. The Kier molecular flexibility index (Phi) is 6.73. The minimum absolute atomic E-state index is 0.0705. The molecule has 1 aliphatic heterocycles. The zero-order chi connectivity index (χ0) is 28.3. The number of hydrogen-bond acceptors (Lipinski definition) is 4. The molecule has 5 atom stereocenters. The van der Waals surface area contributed by atoms with Gasteiger partial charge in [-0.2, -0.15) is 0 Å². The van der Waals surface area contributed by atoms with Crippen LogP contribution in [0.25, 0.3) is 11.1 Å². The summed E-state index contributed by atoms with van der Waals surface area (Å²) in [6.45, 7) is 5.86. The van der Waals surface area contributed by atoms with Gasteiger partial charge in [-0.3, -0.25) is 24.1 Å². The number of halogens is 1. The third-order valence-electron chi connectivity index (χ3n) is 9.22. The highest BCUT2D eigenvalue weighted by atomic mass is 79.9. The first-order valence-corrected chi connectivity index (χ1v) is 14.4. The number of rotatable bonds is 8. The maximum Gasteiger partial charge on any atom is 0.248 e. The Morgan fingerprint density at radius 3 is 2.00 bits per heavy atom. The average Bonchev–Trinajstić information content (AvgIpc) is 3.31. The van der Waals surface area contributed by atoms with Gasteiger partial charge < -0.3 is 4.90 Å². The zero-order valence-electron chi connectivity index (χ0n) is 23.2. The van der Waals surface area contributed by atoms with Crippen molar-refractivity contribution in [2.75, 3.05) is 20.6 Å². The monoisotopic (exact) mass is 590 g/mol. The van der Waals surface area contributed by atoms with Crippen LogP contribution in [-0.2, 0) is 19.2 Å². The number of carbonyl (C=O) groups excluding carboxylic acids is 4. The van der Waals surface area contributed by atoms with Crippen LogP contribution in [0, 0.1) is 22.7 Å². The molecule has 2 aromatic rings.